The van der Waals surface area contributed by atoms with E-state index in [-0.39, 0.29) is 11.5 Å². The van der Waals surface area contributed by atoms with E-state index >= 15 is 0 Å². The maximum absolute atomic E-state index is 11.2. The van der Waals surface area contributed by atoms with Gasteiger partial charge in [0.25, 0.3) is 0 Å². The summed E-state index contributed by atoms with van der Waals surface area (Å²) in [6.45, 7) is 2.24. The molecule has 1 fully saturated rings. The third-order valence-corrected chi connectivity index (χ3v) is 6.09. The van der Waals surface area contributed by atoms with Crippen LogP contribution in [-0.2, 0) is 12.8 Å². The standard InChI is InChI=1S/C20H24O/c1-2-20(12-3-4-13-20)19(21)17-11-10-15-9-8-14-6-5-7-16(17)18(14)15/h5-7,10-11,19,21H,2-4,8-9,12-13H2,1H3. The van der Waals surface area contributed by atoms with Gasteiger partial charge in [0.15, 0.2) is 0 Å². The molecule has 2 aliphatic carbocycles. The van der Waals surface area contributed by atoms with E-state index in [4.69, 9.17) is 0 Å². The maximum atomic E-state index is 11.2. The van der Waals surface area contributed by atoms with Gasteiger partial charge in [0.1, 0.15) is 0 Å². The Labute approximate surface area is 127 Å². The molecule has 1 saturated carbocycles. The van der Waals surface area contributed by atoms with Gasteiger partial charge >= 0.3 is 0 Å². The monoisotopic (exact) mass is 280 g/mol. The van der Waals surface area contributed by atoms with Crippen LogP contribution in [0.4, 0.5) is 0 Å². The lowest BCUT2D eigenvalue weighted by Crippen LogP contribution is -2.25. The molecule has 0 bridgehead atoms. The van der Waals surface area contributed by atoms with Crippen LogP contribution in [0.3, 0.4) is 0 Å². The minimum atomic E-state index is -0.310. The lowest BCUT2D eigenvalue weighted by Gasteiger charge is -2.34. The van der Waals surface area contributed by atoms with Gasteiger partial charge in [0, 0.05) is 5.41 Å². The second kappa shape index (κ2) is 4.84. The molecular formula is C20H24O. The zero-order valence-electron chi connectivity index (χ0n) is 12.9. The molecule has 0 heterocycles. The molecule has 2 aliphatic rings. The Bertz CT molecular complexity index is 669. The van der Waals surface area contributed by atoms with Gasteiger partial charge in [-0.3, -0.25) is 0 Å². The van der Waals surface area contributed by atoms with Crippen molar-refractivity contribution in [2.75, 3.05) is 0 Å². The van der Waals surface area contributed by atoms with Crippen LogP contribution in [0, 0.1) is 5.41 Å². The first-order valence-corrected chi connectivity index (χ1v) is 8.47. The zero-order valence-corrected chi connectivity index (χ0v) is 12.9. The number of hydrogen-bond acceptors (Lipinski definition) is 1. The maximum Gasteiger partial charge on any atom is 0.0852 e. The lowest BCUT2D eigenvalue weighted by atomic mass is 9.74. The van der Waals surface area contributed by atoms with Gasteiger partial charge in [-0.15, -0.1) is 0 Å². The van der Waals surface area contributed by atoms with Gasteiger partial charge in [-0.05, 0) is 59.6 Å². The van der Waals surface area contributed by atoms with Gasteiger partial charge in [0.05, 0.1) is 6.10 Å². The fraction of sp³-hybridized carbons (Fsp3) is 0.500. The number of rotatable bonds is 3. The number of benzene rings is 2. The highest BCUT2D eigenvalue weighted by molar-refractivity contribution is 5.93. The highest BCUT2D eigenvalue weighted by atomic mass is 16.3. The minimum absolute atomic E-state index is 0.110. The van der Waals surface area contributed by atoms with Gasteiger partial charge < -0.3 is 5.11 Å². The molecule has 4 rings (SSSR count). The van der Waals surface area contributed by atoms with Gasteiger partial charge in [-0.25, -0.2) is 0 Å². The summed E-state index contributed by atoms with van der Waals surface area (Å²) in [6, 6.07) is 11.1. The number of hydrogen-bond donors (Lipinski definition) is 1. The molecule has 0 spiro atoms. The van der Waals surface area contributed by atoms with E-state index in [1.165, 1.54) is 53.1 Å². The molecule has 1 unspecified atom stereocenters. The fourth-order valence-electron chi connectivity index (χ4n) is 4.74. The Hall–Kier alpha value is -1.34. The van der Waals surface area contributed by atoms with E-state index < -0.39 is 0 Å². The Kier molecular flexibility index (Phi) is 3.08. The van der Waals surface area contributed by atoms with Crippen molar-refractivity contribution < 1.29 is 5.11 Å². The fourth-order valence-corrected chi connectivity index (χ4v) is 4.74. The molecule has 21 heavy (non-hydrogen) atoms. The first-order chi connectivity index (χ1) is 10.2. The van der Waals surface area contributed by atoms with Crippen LogP contribution in [0.5, 0.6) is 0 Å². The molecule has 2 aromatic carbocycles. The predicted octanol–water partition coefficient (Wildman–Crippen LogP) is 4.94. The van der Waals surface area contributed by atoms with Gasteiger partial charge in [0.2, 0.25) is 0 Å². The zero-order chi connectivity index (χ0) is 14.4. The highest BCUT2D eigenvalue weighted by Gasteiger charge is 2.40. The largest absolute Gasteiger partial charge is 0.388 e. The van der Waals surface area contributed by atoms with Crippen molar-refractivity contribution in [1.82, 2.24) is 0 Å². The molecule has 1 atom stereocenters. The number of aliphatic hydroxyl groups excluding tert-OH is 1. The van der Waals surface area contributed by atoms with Crippen LogP contribution in [0.15, 0.2) is 30.3 Å². The summed E-state index contributed by atoms with van der Waals surface area (Å²) in [5.74, 6) is 0. The van der Waals surface area contributed by atoms with Crippen molar-refractivity contribution in [2.24, 2.45) is 5.41 Å². The van der Waals surface area contributed by atoms with Gasteiger partial charge in [-0.2, -0.15) is 0 Å². The van der Waals surface area contributed by atoms with Crippen molar-refractivity contribution in [1.29, 1.82) is 0 Å². The first kappa shape index (κ1) is 13.3. The summed E-state index contributed by atoms with van der Waals surface area (Å²) >= 11 is 0. The van der Waals surface area contributed by atoms with Crippen molar-refractivity contribution in [3.8, 4) is 0 Å². The van der Waals surface area contributed by atoms with E-state index in [9.17, 15) is 5.11 Å². The molecule has 0 aromatic heterocycles. The van der Waals surface area contributed by atoms with Gasteiger partial charge in [-0.1, -0.05) is 50.1 Å². The molecule has 0 saturated heterocycles. The molecular weight excluding hydrogens is 256 g/mol. The van der Waals surface area contributed by atoms with Crippen LogP contribution >= 0.6 is 0 Å². The smallest absolute Gasteiger partial charge is 0.0852 e. The van der Waals surface area contributed by atoms with Crippen molar-refractivity contribution in [2.45, 2.75) is 58.0 Å². The van der Waals surface area contributed by atoms with Crippen LogP contribution < -0.4 is 0 Å². The van der Waals surface area contributed by atoms with Crippen LogP contribution in [-0.4, -0.2) is 5.11 Å². The summed E-state index contributed by atoms with van der Waals surface area (Å²) in [7, 11) is 0. The Morgan fingerprint density at radius 1 is 1.05 bits per heavy atom. The normalized spacial score (nSPS) is 21.0. The number of aryl methyl sites for hydroxylation is 2. The average molecular weight is 280 g/mol. The van der Waals surface area contributed by atoms with Crippen LogP contribution in [0.25, 0.3) is 10.8 Å². The van der Waals surface area contributed by atoms with E-state index in [1.54, 1.807) is 0 Å². The lowest BCUT2D eigenvalue weighted by molar-refractivity contribution is 0.0249. The predicted molar refractivity (Wildman–Crippen MR) is 87.5 cm³/mol. The number of aliphatic hydroxyl groups is 1. The molecule has 1 heteroatoms. The average Bonchev–Trinajstić information content (AvgIpc) is 3.16. The quantitative estimate of drug-likeness (QED) is 0.844. The van der Waals surface area contributed by atoms with E-state index in [2.05, 4.69) is 37.3 Å². The summed E-state index contributed by atoms with van der Waals surface area (Å²) < 4.78 is 0. The summed E-state index contributed by atoms with van der Waals surface area (Å²) in [6.07, 6.45) is 7.97. The van der Waals surface area contributed by atoms with E-state index in [0.717, 1.165) is 19.3 Å². The minimum Gasteiger partial charge on any atom is -0.388 e. The summed E-state index contributed by atoms with van der Waals surface area (Å²) in [4.78, 5) is 0. The topological polar surface area (TPSA) is 20.2 Å². The Balaban J connectivity index is 1.88. The highest BCUT2D eigenvalue weighted by Crippen LogP contribution is 2.51. The van der Waals surface area contributed by atoms with Crippen LogP contribution in [0.1, 0.15) is 61.8 Å². The Morgan fingerprint density at radius 3 is 2.48 bits per heavy atom. The van der Waals surface area contributed by atoms with Crippen molar-refractivity contribution in [3.05, 3.63) is 47.0 Å². The molecule has 1 N–H and O–H groups in total. The van der Waals surface area contributed by atoms with Crippen LogP contribution in [0.2, 0.25) is 0 Å². The third-order valence-electron chi connectivity index (χ3n) is 6.09. The molecule has 0 amide bonds. The molecule has 2 aromatic rings. The van der Waals surface area contributed by atoms with E-state index in [0.29, 0.717) is 0 Å². The second-order valence-electron chi connectivity index (χ2n) is 6.98. The SMILES string of the molecule is CCC1(C(O)c2ccc3c4c(cccc24)CC3)CCCC1. The Morgan fingerprint density at radius 2 is 1.76 bits per heavy atom. The molecule has 0 radical (unpaired) electrons. The van der Waals surface area contributed by atoms with Crippen molar-refractivity contribution in [3.63, 3.8) is 0 Å². The summed E-state index contributed by atoms with van der Waals surface area (Å²) in [5.41, 5.74) is 4.21. The summed E-state index contributed by atoms with van der Waals surface area (Å²) in [5, 5.41) is 13.9. The second-order valence-corrected chi connectivity index (χ2v) is 6.98. The molecule has 0 aliphatic heterocycles. The molecule has 1 nitrogen and oxygen atoms in total. The third kappa shape index (κ3) is 1.87. The molecule has 110 valence electrons. The first-order valence-electron chi connectivity index (χ1n) is 8.47. The van der Waals surface area contributed by atoms with E-state index in [1.807, 2.05) is 0 Å². The van der Waals surface area contributed by atoms with Crippen molar-refractivity contribution >= 4 is 10.8 Å².